The van der Waals surface area contributed by atoms with E-state index >= 15 is 0 Å². The molecular formula is C27H32N6O7. The Labute approximate surface area is 231 Å². The molecular weight excluding hydrogens is 520 g/mol. The fourth-order valence-electron chi connectivity index (χ4n) is 4.62. The molecule has 40 heavy (non-hydrogen) atoms. The average Bonchev–Trinajstić information content (AvgIpc) is 3.32. The second-order valence-corrected chi connectivity index (χ2v) is 9.50. The molecule has 1 unspecified atom stereocenters. The van der Waals surface area contributed by atoms with Gasteiger partial charge in [0.05, 0.1) is 24.5 Å². The number of nitrogens with one attached hydrogen (secondary N) is 2. The molecule has 2 heterocycles. The summed E-state index contributed by atoms with van der Waals surface area (Å²) in [6.45, 7) is 7.15. The number of amides is 2. The number of non-ortho nitro benzene ring substituents is 1. The van der Waals surface area contributed by atoms with Crippen LogP contribution in [0.4, 0.5) is 16.2 Å². The number of nitro groups is 1. The summed E-state index contributed by atoms with van der Waals surface area (Å²) in [5, 5.41) is 21.6. The van der Waals surface area contributed by atoms with E-state index in [2.05, 4.69) is 15.1 Å². The number of ether oxygens (including phenoxy) is 2. The first-order chi connectivity index (χ1) is 19.2. The first kappa shape index (κ1) is 28.6. The van der Waals surface area contributed by atoms with Crippen LogP contribution in [-0.4, -0.2) is 97.1 Å². The number of carbonyl (C=O) groups is 3. The molecule has 4 rings (SSSR count). The summed E-state index contributed by atoms with van der Waals surface area (Å²) in [5.41, 5.74) is 0.873. The maximum absolute atomic E-state index is 12.6. The lowest BCUT2D eigenvalue weighted by Gasteiger charge is -2.35. The molecule has 0 radical (unpaired) electrons. The molecule has 212 valence electrons. The average molecular weight is 553 g/mol. The predicted octanol–water partition coefficient (Wildman–Crippen LogP) is 2.25. The van der Waals surface area contributed by atoms with Crippen molar-refractivity contribution in [2.45, 2.75) is 19.4 Å². The second kappa shape index (κ2) is 13.1. The lowest BCUT2D eigenvalue weighted by Crippen LogP contribution is -2.49. The van der Waals surface area contributed by atoms with Crippen molar-refractivity contribution in [2.75, 3.05) is 57.3 Å². The van der Waals surface area contributed by atoms with Crippen LogP contribution in [0.15, 0.2) is 48.5 Å². The molecule has 0 saturated carbocycles. The number of nitrogens with zero attached hydrogens (tertiary/aromatic N) is 4. The van der Waals surface area contributed by atoms with Gasteiger partial charge in [0.15, 0.2) is 0 Å². The Kier molecular flexibility index (Phi) is 9.40. The van der Waals surface area contributed by atoms with Crippen LogP contribution >= 0.6 is 0 Å². The van der Waals surface area contributed by atoms with Gasteiger partial charge in [-0.05, 0) is 37.3 Å². The number of anilines is 1. The third-order valence-corrected chi connectivity index (χ3v) is 6.76. The largest absolute Gasteiger partial charge is 0.466 e. The van der Waals surface area contributed by atoms with Gasteiger partial charge in [-0.3, -0.25) is 34.9 Å². The van der Waals surface area contributed by atoms with Crippen molar-refractivity contribution in [1.29, 1.82) is 5.41 Å². The van der Waals surface area contributed by atoms with Gasteiger partial charge in [-0.2, -0.15) is 0 Å². The zero-order valence-electron chi connectivity index (χ0n) is 22.2. The van der Waals surface area contributed by atoms with Crippen LogP contribution in [0.2, 0.25) is 0 Å². The summed E-state index contributed by atoms with van der Waals surface area (Å²) in [6, 6.07) is 11.8. The van der Waals surface area contributed by atoms with Crippen molar-refractivity contribution in [3.8, 4) is 0 Å². The molecule has 2 saturated heterocycles. The highest BCUT2D eigenvalue weighted by Crippen LogP contribution is 2.23. The third-order valence-electron chi connectivity index (χ3n) is 6.76. The number of hydrogen-bond donors (Lipinski definition) is 2. The van der Waals surface area contributed by atoms with Crippen molar-refractivity contribution in [3.05, 3.63) is 69.8 Å². The number of piperazine rings is 1. The molecule has 2 aliphatic heterocycles. The minimum atomic E-state index is -0.636. The van der Waals surface area contributed by atoms with Gasteiger partial charge in [0.1, 0.15) is 11.9 Å². The Balaban J connectivity index is 1.25. The Bertz CT molecular complexity index is 1260. The van der Waals surface area contributed by atoms with E-state index in [9.17, 15) is 24.5 Å². The van der Waals surface area contributed by atoms with Gasteiger partial charge in [0.25, 0.3) is 11.6 Å². The van der Waals surface area contributed by atoms with Gasteiger partial charge in [-0.25, -0.2) is 4.79 Å². The Morgan fingerprint density at radius 3 is 2.48 bits per heavy atom. The van der Waals surface area contributed by atoms with Crippen LogP contribution in [0.1, 0.15) is 29.3 Å². The highest BCUT2D eigenvalue weighted by atomic mass is 16.6. The van der Waals surface area contributed by atoms with Gasteiger partial charge < -0.3 is 19.7 Å². The quantitative estimate of drug-likeness (QED) is 0.148. The highest BCUT2D eigenvalue weighted by molar-refractivity contribution is 6.11. The Morgan fingerprint density at radius 1 is 1.10 bits per heavy atom. The van der Waals surface area contributed by atoms with E-state index in [4.69, 9.17) is 14.9 Å². The monoisotopic (exact) mass is 552 g/mol. The molecule has 13 nitrogen and oxygen atoms in total. The number of amidine groups is 1. The SMILES string of the molecule is CCOC(=O)CCN1CCN(CC2CN(c3ccc(C(=N)NC(=O)c4cccc([N+](=O)[O-])c4)cc3)C(=O)O2)CC1. The summed E-state index contributed by atoms with van der Waals surface area (Å²) in [5.74, 6) is -0.993. The first-order valence-corrected chi connectivity index (χ1v) is 13.1. The molecule has 0 bridgehead atoms. The normalized spacial score (nSPS) is 17.8. The number of esters is 1. The summed E-state index contributed by atoms with van der Waals surface area (Å²) in [7, 11) is 0. The van der Waals surface area contributed by atoms with E-state index in [0.29, 0.717) is 43.9 Å². The smallest absolute Gasteiger partial charge is 0.414 e. The van der Waals surface area contributed by atoms with Gasteiger partial charge in [-0.15, -0.1) is 0 Å². The summed E-state index contributed by atoms with van der Waals surface area (Å²) in [6.07, 6.45) is -0.350. The topological polar surface area (TPSA) is 158 Å². The van der Waals surface area contributed by atoms with E-state index in [-0.39, 0.29) is 29.2 Å². The van der Waals surface area contributed by atoms with Crippen molar-refractivity contribution in [1.82, 2.24) is 15.1 Å². The molecule has 2 aromatic rings. The molecule has 0 aliphatic carbocycles. The van der Waals surface area contributed by atoms with Gasteiger partial charge in [0.2, 0.25) is 0 Å². The van der Waals surface area contributed by atoms with Crippen molar-refractivity contribution in [3.63, 3.8) is 0 Å². The molecule has 2 aromatic carbocycles. The fraction of sp³-hybridized carbons (Fsp3) is 0.407. The summed E-state index contributed by atoms with van der Waals surface area (Å²) < 4.78 is 10.6. The second-order valence-electron chi connectivity index (χ2n) is 9.50. The van der Waals surface area contributed by atoms with Crippen LogP contribution < -0.4 is 10.2 Å². The zero-order chi connectivity index (χ0) is 28.6. The zero-order valence-corrected chi connectivity index (χ0v) is 22.2. The molecule has 0 aromatic heterocycles. The minimum absolute atomic E-state index is 0.0690. The van der Waals surface area contributed by atoms with E-state index in [1.807, 2.05) is 0 Å². The van der Waals surface area contributed by atoms with Crippen LogP contribution in [0.25, 0.3) is 0 Å². The standard InChI is InChI=1S/C27H32N6O7/c1-2-39-24(34)10-11-30-12-14-31(15-13-30)17-23-18-32(27(36)40-23)21-8-6-19(7-9-21)25(28)29-26(35)20-4-3-5-22(16-20)33(37)38/h3-9,16,23H,2,10-15,17-18H2,1H3,(H2,28,29,35). The Hall–Kier alpha value is -4.36. The number of cyclic esters (lactones) is 1. The highest BCUT2D eigenvalue weighted by Gasteiger charge is 2.34. The summed E-state index contributed by atoms with van der Waals surface area (Å²) in [4.78, 5) is 53.0. The van der Waals surface area contributed by atoms with Crippen LogP contribution in [-0.2, 0) is 14.3 Å². The van der Waals surface area contributed by atoms with E-state index in [1.54, 1.807) is 31.2 Å². The first-order valence-electron chi connectivity index (χ1n) is 13.1. The van der Waals surface area contributed by atoms with Crippen molar-refractivity contribution < 1.29 is 28.8 Å². The lowest BCUT2D eigenvalue weighted by molar-refractivity contribution is -0.384. The van der Waals surface area contributed by atoms with Crippen LogP contribution in [0.5, 0.6) is 0 Å². The van der Waals surface area contributed by atoms with Crippen LogP contribution in [0, 0.1) is 15.5 Å². The van der Waals surface area contributed by atoms with Gasteiger partial charge in [-0.1, -0.05) is 6.07 Å². The number of carbonyl (C=O) groups excluding carboxylic acids is 3. The van der Waals surface area contributed by atoms with E-state index in [1.165, 1.54) is 23.1 Å². The molecule has 2 fully saturated rings. The molecule has 13 heteroatoms. The number of benzene rings is 2. The van der Waals surface area contributed by atoms with E-state index < -0.39 is 16.9 Å². The molecule has 1 atom stereocenters. The lowest BCUT2D eigenvalue weighted by atomic mass is 10.1. The molecule has 2 aliphatic rings. The Morgan fingerprint density at radius 2 is 1.80 bits per heavy atom. The van der Waals surface area contributed by atoms with Gasteiger partial charge >= 0.3 is 12.1 Å². The molecule has 0 spiro atoms. The molecule has 2 N–H and O–H groups in total. The third kappa shape index (κ3) is 7.39. The van der Waals surface area contributed by atoms with Crippen molar-refractivity contribution in [2.24, 2.45) is 0 Å². The minimum Gasteiger partial charge on any atom is -0.466 e. The van der Waals surface area contributed by atoms with Crippen molar-refractivity contribution >= 4 is 35.2 Å². The van der Waals surface area contributed by atoms with Crippen LogP contribution in [0.3, 0.4) is 0 Å². The summed E-state index contributed by atoms with van der Waals surface area (Å²) >= 11 is 0. The number of nitro benzene ring substituents is 1. The number of rotatable bonds is 10. The maximum atomic E-state index is 12.6. The predicted molar refractivity (Wildman–Crippen MR) is 146 cm³/mol. The van der Waals surface area contributed by atoms with Gasteiger partial charge in [0, 0.05) is 68.2 Å². The number of hydrogen-bond acceptors (Lipinski definition) is 10. The maximum Gasteiger partial charge on any atom is 0.414 e. The fourth-order valence-corrected chi connectivity index (χ4v) is 4.62. The van der Waals surface area contributed by atoms with E-state index in [0.717, 1.165) is 32.2 Å². The molecule has 2 amide bonds.